The zero-order valence-corrected chi connectivity index (χ0v) is 15.8. The summed E-state index contributed by atoms with van der Waals surface area (Å²) >= 11 is 2.34. The summed E-state index contributed by atoms with van der Waals surface area (Å²) in [4.78, 5) is 2.26. The van der Waals surface area contributed by atoms with Crippen molar-refractivity contribution in [2.75, 3.05) is 11.9 Å². The molecule has 0 aliphatic carbocycles. The lowest BCUT2D eigenvalue weighted by molar-refractivity contribution is -0.141. The third-order valence-corrected chi connectivity index (χ3v) is 5.52. The molecule has 1 aliphatic heterocycles. The highest BCUT2D eigenvalue weighted by atomic mass is 127. The molecule has 0 saturated carbocycles. The van der Waals surface area contributed by atoms with Crippen molar-refractivity contribution in [2.45, 2.75) is 35.7 Å². The van der Waals surface area contributed by atoms with E-state index in [9.17, 15) is 17.6 Å². The summed E-state index contributed by atoms with van der Waals surface area (Å²) in [6.07, 6.45) is -2.86. The fourth-order valence-corrected chi connectivity index (χ4v) is 4.00. The van der Waals surface area contributed by atoms with Gasteiger partial charge in [0.25, 0.3) is 0 Å². The molecule has 4 nitrogen and oxygen atoms in total. The Bertz CT molecular complexity index is 738. The fourth-order valence-electron chi connectivity index (χ4n) is 2.91. The van der Waals surface area contributed by atoms with Crippen LogP contribution in [0.3, 0.4) is 0 Å². The van der Waals surface area contributed by atoms with Crippen LogP contribution in [0.25, 0.3) is 0 Å². The molecular formula is C17H17F4IN4. The minimum Gasteiger partial charge on any atom is -0.366 e. The Balaban J connectivity index is 1.55. The van der Waals surface area contributed by atoms with Crippen LogP contribution in [0, 0.1) is 5.82 Å². The average Bonchev–Trinajstić information content (AvgIpc) is 2.57. The van der Waals surface area contributed by atoms with Gasteiger partial charge in [-0.2, -0.15) is 13.2 Å². The maximum Gasteiger partial charge on any atom is 0.435 e. The third kappa shape index (κ3) is 5.03. The summed E-state index contributed by atoms with van der Waals surface area (Å²) in [7, 11) is 0. The summed E-state index contributed by atoms with van der Waals surface area (Å²) in [5.74, 6) is 0.0927. The molecule has 9 heteroatoms. The van der Waals surface area contributed by atoms with Crippen molar-refractivity contribution < 1.29 is 17.6 Å². The van der Waals surface area contributed by atoms with E-state index in [1.165, 1.54) is 18.2 Å². The maximum atomic E-state index is 13.3. The monoisotopic (exact) mass is 480 g/mol. The largest absolute Gasteiger partial charge is 0.435 e. The van der Waals surface area contributed by atoms with Gasteiger partial charge >= 0.3 is 6.18 Å². The lowest BCUT2D eigenvalue weighted by Crippen LogP contribution is -2.43. The summed E-state index contributed by atoms with van der Waals surface area (Å²) in [6.45, 7) is 1.47. The minimum atomic E-state index is -4.49. The van der Waals surface area contributed by atoms with Crippen molar-refractivity contribution in [3.05, 3.63) is 53.5 Å². The number of alkyl halides is 4. The molecule has 26 heavy (non-hydrogen) atoms. The normalized spacial score (nSPS) is 21.6. The lowest BCUT2D eigenvalue weighted by atomic mass is 10.0. The van der Waals surface area contributed by atoms with Gasteiger partial charge in [0.15, 0.2) is 5.69 Å². The number of hydrogen-bond acceptors (Lipinski definition) is 4. The van der Waals surface area contributed by atoms with Crippen molar-refractivity contribution in [1.29, 1.82) is 0 Å². The maximum absolute atomic E-state index is 13.3. The molecule has 2 aromatic rings. The Hall–Kier alpha value is -1.49. The van der Waals surface area contributed by atoms with Crippen LogP contribution in [-0.2, 0) is 12.7 Å². The van der Waals surface area contributed by atoms with Gasteiger partial charge in [0.1, 0.15) is 11.6 Å². The second-order valence-corrected chi connectivity index (χ2v) is 7.64. The van der Waals surface area contributed by atoms with E-state index in [-0.39, 0.29) is 15.9 Å². The van der Waals surface area contributed by atoms with Crippen LogP contribution in [0.1, 0.15) is 24.1 Å². The molecule has 0 bridgehead atoms. The molecule has 140 valence electrons. The highest BCUT2D eigenvalue weighted by Crippen LogP contribution is 2.29. The van der Waals surface area contributed by atoms with Gasteiger partial charge < -0.3 is 5.32 Å². The molecule has 2 atom stereocenters. The molecule has 1 fully saturated rings. The Labute approximate surface area is 162 Å². The second-order valence-electron chi connectivity index (χ2n) is 6.20. The first-order valence-electron chi connectivity index (χ1n) is 8.11. The number of aromatic nitrogens is 2. The smallest absolute Gasteiger partial charge is 0.366 e. The molecule has 1 aromatic carbocycles. The van der Waals surface area contributed by atoms with E-state index < -0.39 is 11.9 Å². The molecule has 2 heterocycles. The van der Waals surface area contributed by atoms with E-state index >= 15 is 0 Å². The predicted molar refractivity (Wildman–Crippen MR) is 98.3 cm³/mol. The second kappa shape index (κ2) is 8.03. The lowest BCUT2D eigenvalue weighted by Gasteiger charge is -2.37. The van der Waals surface area contributed by atoms with E-state index in [1.807, 2.05) is 6.07 Å². The number of likely N-dealkylation sites (tertiary alicyclic amines) is 1. The van der Waals surface area contributed by atoms with Gasteiger partial charge in [-0.3, -0.25) is 4.90 Å². The molecule has 1 saturated heterocycles. The highest BCUT2D eigenvalue weighted by Gasteiger charge is 2.33. The molecule has 2 unspecified atom stereocenters. The van der Waals surface area contributed by atoms with Gasteiger partial charge in [0, 0.05) is 19.1 Å². The average molecular weight is 480 g/mol. The van der Waals surface area contributed by atoms with Crippen molar-refractivity contribution >= 4 is 28.4 Å². The topological polar surface area (TPSA) is 41.0 Å². The standard InChI is InChI=1S/C17H17F4IN4/c18-12-3-1-2-11(8-12)10-26-7-6-13(9-15(26)22)23-16-5-4-14(24-25-16)17(19,20)21/h1-5,8,13,15H,6-7,9-10H2,(H,23,25). The molecule has 1 N–H and O–H groups in total. The Morgan fingerprint density at radius 1 is 1.19 bits per heavy atom. The molecule has 3 rings (SSSR count). The Morgan fingerprint density at radius 3 is 2.62 bits per heavy atom. The SMILES string of the molecule is Fc1cccc(CN2CCC(Nc3ccc(C(F)(F)F)nn3)CC2I)c1. The number of hydrogen-bond donors (Lipinski definition) is 1. The third-order valence-electron chi connectivity index (χ3n) is 4.22. The Morgan fingerprint density at radius 2 is 2.00 bits per heavy atom. The molecule has 1 aliphatic rings. The van der Waals surface area contributed by atoms with Crippen LogP contribution < -0.4 is 5.32 Å². The van der Waals surface area contributed by atoms with Crippen molar-refractivity contribution in [1.82, 2.24) is 15.1 Å². The number of benzene rings is 1. The van der Waals surface area contributed by atoms with E-state index in [1.54, 1.807) is 6.07 Å². The van der Waals surface area contributed by atoms with Gasteiger partial charge in [0.05, 0.1) is 4.05 Å². The predicted octanol–water partition coefficient (Wildman–Crippen LogP) is 4.47. The van der Waals surface area contributed by atoms with Gasteiger partial charge in [0.2, 0.25) is 0 Å². The molecule has 1 aromatic heterocycles. The van der Waals surface area contributed by atoms with E-state index in [2.05, 4.69) is 43.0 Å². The van der Waals surface area contributed by atoms with Crippen molar-refractivity contribution in [3.63, 3.8) is 0 Å². The molecule has 0 radical (unpaired) electrons. The number of anilines is 1. The summed E-state index contributed by atoms with van der Waals surface area (Å²) in [5, 5.41) is 10.0. The van der Waals surface area contributed by atoms with Crippen molar-refractivity contribution in [3.8, 4) is 0 Å². The summed E-state index contributed by atoms with van der Waals surface area (Å²) in [6, 6.07) is 8.89. The molecule has 0 spiro atoms. The molecule has 0 amide bonds. The minimum absolute atomic E-state index is 0.103. The Kier molecular flexibility index (Phi) is 5.96. The van der Waals surface area contributed by atoms with E-state index in [0.717, 1.165) is 31.0 Å². The van der Waals surface area contributed by atoms with Gasteiger partial charge in [-0.05, 0) is 42.7 Å². The van der Waals surface area contributed by atoms with Crippen LogP contribution in [0.4, 0.5) is 23.4 Å². The number of rotatable bonds is 4. The summed E-state index contributed by atoms with van der Waals surface area (Å²) < 4.78 is 51.1. The number of halogens is 5. The number of piperidine rings is 1. The quantitative estimate of drug-likeness (QED) is 0.304. The van der Waals surface area contributed by atoms with Crippen LogP contribution in [0.5, 0.6) is 0 Å². The van der Waals surface area contributed by atoms with Crippen LogP contribution in [0.15, 0.2) is 36.4 Å². The van der Waals surface area contributed by atoms with E-state index in [4.69, 9.17) is 0 Å². The van der Waals surface area contributed by atoms with Gasteiger partial charge in [-0.15, -0.1) is 10.2 Å². The van der Waals surface area contributed by atoms with Crippen LogP contribution in [-0.4, -0.2) is 31.7 Å². The van der Waals surface area contributed by atoms with Gasteiger partial charge in [-0.1, -0.05) is 34.7 Å². The fraction of sp³-hybridized carbons (Fsp3) is 0.412. The van der Waals surface area contributed by atoms with Gasteiger partial charge in [-0.25, -0.2) is 4.39 Å². The van der Waals surface area contributed by atoms with Crippen LogP contribution >= 0.6 is 22.6 Å². The van der Waals surface area contributed by atoms with E-state index in [0.29, 0.717) is 12.4 Å². The van der Waals surface area contributed by atoms with Crippen LogP contribution in [0.2, 0.25) is 0 Å². The first-order chi connectivity index (χ1) is 12.3. The van der Waals surface area contributed by atoms with Crippen molar-refractivity contribution in [2.24, 2.45) is 0 Å². The molecular weight excluding hydrogens is 463 g/mol. The first-order valence-corrected chi connectivity index (χ1v) is 9.36. The summed E-state index contributed by atoms with van der Waals surface area (Å²) in [5.41, 5.74) is -0.0774. The first kappa shape index (κ1) is 19.3. The zero-order chi connectivity index (χ0) is 18.7. The highest BCUT2D eigenvalue weighted by molar-refractivity contribution is 14.1. The zero-order valence-electron chi connectivity index (χ0n) is 13.7. The number of nitrogens with one attached hydrogen (secondary N) is 1. The number of nitrogens with zero attached hydrogens (tertiary/aromatic N) is 3.